The first-order valence-electron chi connectivity index (χ1n) is 8.67. The van der Waals surface area contributed by atoms with E-state index in [1.807, 2.05) is 4.90 Å². The summed E-state index contributed by atoms with van der Waals surface area (Å²) in [7, 11) is 0. The van der Waals surface area contributed by atoms with Crippen LogP contribution in [0.5, 0.6) is 0 Å². The summed E-state index contributed by atoms with van der Waals surface area (Å²) in [5.41, 5.74) is 0.226. The minimum atomic E-state index is 0.119. The number of hydrogen-bond acceptors (Lipinski definition) is 5. The lowest BCUT2D eigenvalue weighted by molar-refractivity contribution is -0.125. The molecular weight excluding hydrogens is 310 g/mol. The van der Waals surface area contributed by atoms with Crippen LogP contribution in [0.4, 0.5) is 5.13 Å². The highest BCUT2D eigenvalue weighted by atomic mass is 32.1. The topological polar surface area (TPSA) is 53.5 Å². The van der Waals surface area contributed by atoms with Crippen molar-refractivity contribution in [2.45, 2.75) is 44.9 Å². The second-order valence-electron chi connectivity index (χ2n) is 7.25. The zero-order chi connectivity index (χ0) is 15.9. The number of thiazole rings is 1. The van der Waals surface area contributed by atoms with Crippen molar-refractivity contribution in [2.75, 3.05) is 31.1 Å². The van der Waals surface area contributed by atoms with Crippen LogP contribution < -0.4 is 4.90 Å². The van der Waals surface area contributed by atoms with E-state index in [1.54, 1.807) is 6.20 Å². The maximum Gasteiger partial charge on any atom is 0.265 e. The van der Waals surface area contributed by atoms with Gasteiger partial charge in [-0.1, -0.05) is 11.3 Å². The predicted molar refractivity (Wildman–Crippen MR) is 90.0 cm³/mol. The number of aromatic nitrogens is 1. The number of amides is 1. The number of nitrogens with zero attached hydrogens (tertiary/aromatic N) is 3. The number of likely N-dealkylation sites (tertiary alicyclic amines) is 1. The Labute approximate surface area is 140 Å². The second kappa shape index (κ2) is 5.89. The third kappa shape index (κ3) is 2.89. The van der Waals surface area contributed by atoms with E-state index in [0.717, 1.165) is 49.0 Å². The molecule has 3 aliphatic rings. The molecule has 3 fully saturated rings. The zero-order valence-corrected chi connectivity index (χ0v) is 14.2. The number of rotatable bonds is 2. The van der Waals surface area contributed by atoms with E-state index in [2.05, 4.69) is 9.88 Å². The predicted octanol–water partition coefficient (Wildman–Crippen LogP) is 2.72. The molecule has 1 aromatic rings. The highest BCUT2D eigenvalue weighted by Gasteiger charge is 2.47. The summed E-state index contributed by atoms with van der Waals surface area (Å²) >= 11 is 1.53. The van der Waals surface area contributed by atoms with Gasteiger partial charge < -0.3 is 9.80 Å². The number of carbonyl (C=O) groups excluding carboxylic acids is 2. The van der Waals surface area contributed by atoms with Gasteiger partial charge in [-0.25, -0.2) is 4.98 Å². The van der Waals surface area contributed by atoms with Gasteiger partial charge in [0.2, 0.25) is 0 Å². The van der Waals surface area contributed by atoms with Crippen molar-refractivity contribution in [3.8, 4) is 0 Å². The minimum Gasteiger partial charge on any atom is -0.348 e. The molecule has 0 N–H and O–H groups in total. The fraction of sp³-hybridized carbons (Fsp3) is 0.706. The summed E-state index contributed by atoms with van der Waals surface area (Å²) in [4.78, 5) is 33.5. The highest BCUT2D eigenvalue weighted by Crippen LogP contribution is 2.43. The van der Waals surface area contributed by atoms with Gasteiger partial charge in [-0.15, -0.1) is 0 Å². The minimum absolute atomic E-state index is 0.119. The van der Waals surface area contributed by atoms with Crippen molar-refractivity contribution in [2.24, 2.45) is 5.41 Å². The molecular formula is C17H23N3O2S. The van der Waals surface area contributed by atoms with Crippen LogP contribution in [0.1, 0.15) is 54.6 Å². The largest absolute Gasteiger partial charge is 0.348 e. The van der Waals surface area contributed by atoms with E-state index in [9.17, 15) is 9.59 Å². The number of anilines is 1. The summed E-state index contributed by atoms with van der Waals surface area (Å²) < 4.78 is 0. The molecule has 2 aliphatic heterocycles. The maximum atomic E-state index is 12.6. The summed E-state index contributed by atoms with van der Waals surface area (Å²) in [6, 6.07) is 0. The third-order valence-electron chi connectivity index (χ3n) is 5.54. The van der Waals surface area contributed by atoms with Crippen molar-refractivity contribution in [3.63, 3.8) is 0 Å². The van der Waals surface area contributed by atoms with Crippen molar-refractivity contribution >= 4 is 28.2 Å². The SMILES string of the molecule is O=C1CCC2(CC1)CN(C(=O)c1cnc(N3CCCCC3)s1)C2. The Kier molecular flexibility index (Phi) is 3.87. The fourth-order valence-electron chi connectivity index (χ4n) is 4.03. The Balaban J connectivity index is 1.37. The molecule has 2 saturated heterocycles. The number of Topliss-reactive ketones (excluding diaryl/α,β-unsaturated/α-hetero) is 1. The number of ketones is 1. The molecule has 3 heterocycles. The van der Waals surface area contributed by atoms with Gasteiger partial charge in [-0.05, 0) is 32.1 Å². The van der Waals surface area contributed by atoms with Crippen LogP contribution in [0.2, 0.25) is 0 Å². The van der Waals surface area contributed by atoms with E-state index in [-0.39, 0.29) is 11.3 Å². The van der Waals surface area contributed by atoms with Crippen LogP contribution in [0, 0.1) is 5.41 Å². The monoisotopic (exact) mass is 333 g/mol. The Morgan fingerprint density at radius 2 is 1.83 bits per heavy atom. The first kappa shape index (κ1) is 15.1. The Morgan fingerprint density at radius 3 is 2.52 bits per heavy atom. The standard InChI is InChI=1S/C17H23N3O2S/c21-13-4-6-17(7-5-13)11-20(12-17)15(22)14-10-18-16(23-14)19-8-2-1-3-9-19/h10H,1-9,11-12H2. The van der Waals surface area contributed by atoms with E-state index < -0.39 is 0 Å². The van der Waals surface area contributed by atoms with E-state index >= 15 is 0 Å². The summed E-state index contributed by atoms with van der Waals surface area (Å²) in [6.07, 6.45) is 8.78. The molecule has 1 aromatic heterocycles. The van der Waals surface area contributed by atoms with Crippen LogP contribution in [0.15, 0.2) is 6.20 Å². The van der Waals surface area contributed by atoms with E-state index in [1.165, 1.54) is 30.6 Å². The van der Waals surface area contributed by atoms with Crippen molar-refractivity contribution in [3.05, 3.63) is 11.1 Å². The van der Waals surface area contributed by atoms with Gasteiger partial charge >= 0.3 is 0 Å². The molecule has 1 spiro atoms. The average molecular weight is 333 g/mol. The molecule has 1 aliphatic carbocycles. The van der Waals surface area contributed by atoms with Crippen LogP contribution in [-0.2, 0) is 4.79 Å². The molecule has 5 nitrogen and oxygen atoms in total. The van der Waals surface area contributed by atoms with Crippen LogP contribution in [0.25, 0.3) is 0 Å². The number of piperidine rings is 1. The molecule has 0 aromatic carbocycles. The molecule has 0 atom stereocenters. The van der Waals surface area contributed by atoms with Crippen molar-refractivity contribution in [1.29, 1.82) is 0 Å². The Hall–Kier alpha value is -1.43. The number of carbonyl (C=O) groups is 2. The quantitative estimate of drug-likeness (QED) is 0.835. The molecule has 0 unspecified atom stereocenters. The van der Waals surface area contributed by atoms with Crippen LogP contribution in [0.3, 0.4) is 0 Å². The van der Waals surface area contributed by atoms with Gasteiger partial charge in [0.25, 0.3) is 5.91 Å². The first-order valence-corrected chi connectivity index (χ1v) is 9.49. The van der Waals surface area contributed by atoms with Gasteiger partial charge in [0.1, 0.15) is 10.7 Å². The lowest BCUT2D eigenvalue weighted by Gasteiger charge is -2.51. The van der Waals surface area contributed by atoms with E-state index in [0.29, 0.717) is 18.6 Å². The first-order chi connectivity index (χ1) is 11.2. The number of hydrogen-bond donors (Lipinski definition) is 0. The Bertz CT molecular complexity index is 603. The maximum absolute atomic E-state index is 12.6. The molecule has 6 heteroatoms. The van der Waals surface area contributed by atoms with Gasteiger partial charge in [0.15, 0.2) is 5.13 Å². The average Bonchev–Trinajstić information content (AvgIpc) is 3.04. The zero-order valence-electron chi connectivity index (χ0n) is 13.4. The fourth-order valence-corrected chi connectivity index (χ4v) is 4.97. The van der Waals surface area contributed by atoms with Crippen molar-refractivity contribution in [1.82, 2.24) is 9.88 Å². The summed E-state index contributed by atoms with van der Waals surface area (Å²) in [5, 5.41) is 0.992. The van der Waals surface area contributed by atoms with Gasteiger partial charge in [-0.2, -0.15) is 0 Å². The van der Waals surface area contributed by atoms with Gasteiger partial charge in [-0.3, -0.25) is 9.59 Å². The van der Waals surface area contributed by atoms with Gasteiger partial charge in [0, 0.05) is 44.4 Å². The second-order valence-corrected chi connectivity index (χ2v) is 8.26. The van der Waals surface area contributed by atoms with Gasteiger partial charge in [0.05, 0.1) is 6.20 Å². The molecule has 124 valence electrons. The van der Waals surface area contributed by atoms with Crippen LogP contribution in [-0.4, -0.2) is 47.8 Å². The summed E-state index contributed by atoms with van der Waals surface area (Å²) in [5.74, 6) is 0.502. The molecule has 23 heavy (non-hydrogen) atoms. The molecule has 0 bridgehead atoms. The normalized spacial score (nSPS) is 23.9. The van der Waals surface area contributed by atoms with Crippen molar-refractivity contribution < 1.29 is 9.59 Å². The molecule has 4 rings (SSSR count). The lowest BCUT2D eigenvalue weighted by atomic mass is 9.68. The Morgan fingerprint density at radius 1 is 1.13 bits per heavy atom. The molecule has 0 radical (unpaired) electrons. The van der Waals surface area contributed by atoms with E-state index in [4.69, 9.17) is 0 Å². The summed E-state index contributed by atoms with van der Waals surface area (Å²) in [6.45, 7) is 3.75. The van der Waals surface area contributed by atoms with Crippen LogP contribution >= 0.6 is 11.3 Å². The molecule has 1 saturated carbocycles. The molecule has 1 amide bonds. The lowest BCUT2D eigenvalue weighted by Crippen LogP contribution is -2.59. The highest BCUT2D eigenvalue weighted by molar-refractivity contribution is 7.17. The third-order valence-corrected chi connectivity index (χ3v) is 6.59. The smallest absolute Gasteiger partial charge is 0.265 e.